The fourth-order valence-corrected chi connectivity index (χ4v) is 5.39. The minimum atomic E-state index is -1.23. The summed E-state index contributed by atoms with van der Waals surface area (Å²) in [6.45, 7) is 2.14. The van der Waals surface area contributed by atoms with Crippen LogP contribution >= 0.6 is 0 Å². The first kappa shape index (κ1) is 23.4. The number of halogens is 3. The molecular weight excluding hydrogens is 459 g/mol. The summed E-state index contributed by atoms with van der Waals surface area (Å²) in [6.07, 6.45) is 1.31. The van der Waals surface area contributed by atoms with Gasteiger partial charge in [0.05, 0.1) is 24.0 Å². The molecular formula is C25H26F3N5O2. The van der Waals surface area contributed by atoms with E-state index >= 15 is 0 Å². The number of hydrogen-bond acceptors (Lipinski definition) is 4. The van der Waals surface area contributed by atoms with Crippen LogP contribution in [-0.4, -0.2) is 56.4 Å². The van der Waals surface area contributed by atoms with Gasteiger partial charge in [0.25, 0.3) is 0 Å². The minimum absolute atomic E-state index is 0.0545. The van der Waals surface area contributed by atoms with Crippen LogP contribution in [0, 0.1) is 17.5 Å². The fourth-order valence-electron chi connectivity index (χ4n) is 5.39. The lowest BCUT2D eigenvalue weighted by Gasteiger charge is -2.47. The van der Waals surface area contributed by atoms with Gasteiger partial charge in [-0.15, -0.1) is 0 Å². The molecule has 2 aromatic carbocycles. The van der Waals surface area contributed by atoms with E-state index < -0.39 is 29.8 Å². The van der Waals surface area contributed by atoms with Gasteiger partial charge in [0.15, 0.2) is 0 Å². The average molecular weight is 486 g/mol. The van der Waals surface area contributed by atoms with Gasteiger partial charge in [0, 0.05) is 43.3 Å². The van der Waals surface area contributed by atoms with Crippen LogP contribution in [0.4, 0.5) is 18.0 Å². The highest BCUT2D eigenvalue weighted by Crippen LogP contribution is 2.37. The molecule has 0 aliphatic carbocycles. The van der Waals surface area contributed by atoms with Crippen LogP contribution in [0.5, 0.6) is 0 Å². The number of nitrogens with zero attached hydrogens (tertiary/aromatic N) is 3. The zero-order valence-corrected chi connectivity index (χ0v) is 18.9. The number of benzene rings is 2. The summed E-state index contributed by atoms with van der Waals surface area (Å²) in [7, 11) is 0. The molecule has 1 saturated heterocycles. The largest absolute Gasteiger partial charge is 0.465 e. The summed E-state index contributed by atoms with van der Waals surface area (Å²) in [6, 6.07) is 8.18. The Morgan fingerprint density at radius 1 is 1.14 bits per heavy atom. The number of fused-ring (bicyclic) bond motifs is 1. The maximum absolute atomic E-state index is 15.0. The molecule has 3 aromatic rings. The Kier molecular flexibility index (Phi) is 6.48. The number of nitrogens with one attached hydrogen (secondary N) is 2. The van der Waals surface area contributed by atoms with E-state index in [1.165, 1.54) is 6.07 Å². The Morgan fingerprint density at radius 3 is 2.74 bits per heavy atom. The van der Waals surface area contributed by atoms with Crippen LogP contribution in [0.2, 0.25) is 0 Å². The van der Waals surface area contributed by atoms with E-state index in [9.17, 15) is 23.1 Å². The molecule has 1 aromatic heterocycles. The van der Waals surface area contributed by atoms with E-state index in [0.29, 0.717) is 44.6 Å². The zero-order chi connectivity index (χ0) is 24.5. The average Bonchev–Trinajstić information content (AvgIpc) is 3.42. The molecule has 7 nitrogen and oxygen atoms in total. The molecule has 3 heterocycles. The minimum Gasteiger partial charge on any atom is -0.465 e. The number of hydrogen-bond donors (Lipinski definition) is 3. The van der Waals surface area contributed by atoms with Crippen molar-refractivity contribution in [3.05, 3.63) is 88.5 Å². The van der Waals surface area contributed by atoms with Gasteiger partial charge in [0.2, 0.25) is 0 Å². The van der Waals surface area contributed by atoms with Crippen molar-refractivity contribution in [3.63, 3.8) is 0 Å². The topological polar surface area (TPSA) is 84.5 Å². The van der Waals surface area contributed by atoms with Gasteiger partial charge in [-0.05, 0) is 42.7 Å². The number of amides is 1. The molecule has 0 spiro atoms. The number of rotatable bonds is 6. The second kappa shape index (κ2) is 9.71. The van der Waals surface area contributed by atoms with Crippen molar-refractivity contribution in [1.82, 2.24) is 25.3 Å². The van der Waals surface area contributed by atoms with Crippen molar-refractivity contribution in [1.29, 1.82) is 0 Å². The predicted molar refractivity (Wildman–Crippen MR) is 122 cm³/mol. The van der Waals surface area contributed by atoms with Crippen LogP contribution < -0.4 is 5.32 Å². The predicted octanol–water partition coefficient (Wildman–Crippen LogP) is 3.84. The van der Waals surface area contributed by atoms with Gasteiger partial charge in [-0.25, -0.2) is 18.0 Å². The van der Waals surface area contributed by atoms with Gasteiger partial charge in [-0.2, -0.15) is 5.10 Å². The highest BCUT2D eigenvalue weighted by atomic mass is 19.1. The second-order valence-electron chi connectivity index (χ2n) is 9.17. The highest BCUT2D eigenvalue weighted by molar-refractivity contribution is 5.65. The molecule has 3 atom stereocenters. The fraction of sp³-hybridized carbons (Fsp3) is 0.360. The van der Waals surface area contributed by atoms with Crippen LogP contribution in [0.1, 0.15) is 34.8 Å². The van der Waals surface area contributed by atoms with Crippen molar-refractivity contribution >= 4 is 6.09 Å². The third-order valence-electron chi connectivity index (χ3n) is 7.02. The third kappa shape index (κ3) is 4.89. The molecule has 184 valence electrons. The molecule has 0 radical (unpaired) electrons. The lowest BCUT2D eigenvalue weighted by Crippen LogP contribution is -2.58. The van der Waals surface area contributed by atoms with E-state index in [1.807, 2.05) is 4.90 Å². The number of carbonyl (C=O) groups is 1. The maximum atomic E-state index is 15.0. The van der Waals surface area contributed by atoms with E-state index in [1.54, 1.807) is 24.4 Å². The smallest absolute Gasteiger partial charge is 0.404 e. The molecule has 2 aliphatic heterocycles. The lowest BCUT2D eigenvalue weighted by molar-refractivity contribution is 0.0320. The molecule has 3 N–H and O–H groups in total. The lowest BCUT2D eigenvalue weighted by atomic mass is 9.86. The van der Waals surface area contributed by atoms with Crippen molar-refractivity contribution in [2.45, 2.75) is 44.1 Å². The summed E-state index contributed by atoms with van der Waals surface area (Å²) in [4.78, 5) is 15.9. The van der Waals surface area contributed by atoms with Crippen molar-refractivity contribution in [3.8, 4) is 0 Å². The summed E-state index contributed by atoms with van der Waals surface area (Å²) in [5.74, 6) is -1.54. The highest BCUT2D eigenvalue weighted by Gasteiger charge is 2.42. The SMILES string of the molecule is O=C(O)N[C@@H]1C[C@H](N2Cc3cn[nH]c3C2)CN(CCc2ccccc2F)[C@H]1c1cc(F)ccc1F. The Labute approximate surface area is 200 Å². The van der Waals surface area contributed by atoms with Gasteiger partial charge >= 0.3 is 6.09 Å². The molecule has 35 heavy (non-hydrogen) atoms. The van der Waals surface area contributed by atoms with Gasteiger partial charge in [-0.1, -0.05) is 18.2 Å². The van der Waals surface area contributed by atoms with Crippen molar-refractivity contribution in [2.24, 2.45) is 0 Å². The van der Waals surface area contributed by atoms with Crippen LogP contribution in [0.3, 0.4) is 0 Å². The van der Waals surface area contributed by atoms with Crippen LogP contribution in [-0.2, 0) is 19.5 Å². The van der Waals surface area contributed by atoms with Gasteiger partial charge in [-0.3, -0.25) is 14.9 Å². The standard InChI is InChI=1S/C25H26F3N5O2/c26-17-5-6-21(28)19(9-17)24-22(30-25(34)35)10-18(33-12-16-11-29-31-23(16)14-33)13-32(24)8-7-15-3-1-2-4-20(15)27/h1-6,9,11,18,22,24,30H,7-8,10,12-14H2,(H,29,31)(H,34,35)/t18-,22+,24-/m0/s1. The monoisotopic (exact) mass is 485 g/mol. The Balaban J connectivity index is 1.47. The summed E-state index contributed by atoms with van der Waals surface area (Å²) in [5, 5.41) is 19.2. The quantitative estimate of drug-likeness (QED) is 0.494. The second-order valence-corrected chi connectivity index (χ2v) is 9.17. The first-order valence-corrected chi connectivity index (χ1v) is 11.6. The van der Waals surface area contributed by atoms with Crippen molar-refractivity contribution < 1.29 is 23.1 Å². The Morgan fingerprint density at radius 2 is 1.97 bits per heavy atom. The van der Waals surface area contributed by atoms with Crippen molar-refractivity contribution in [2.75, 3.05) is 13.1 Å². The van der Waals surface area contributed by atoms with E-state index in [0.717, 1.165) is 29.5 Å². The number of aromatic nitrogens is 2. The van der Waals surface area contributed by atoms with Gasteiger partial charge in [0.1, 0.15) is 17.5 Å². The number of H-pyrrole nitrogens is 1. The molecule has 2 aliphatic rings. The number of likely N-dealkylation sites (tertiary alicyclic amines) is 1. The van der Waals surface area contributed by atoms with Crippen LogP contribution in [0.15, 0.2) is 48.7 Å². The first-order valence-electron chi connectivity index (χ1n) is 11.6. The molecule has 1 fully saturated rings. The third-order valence-corrected chi connectivity index (χ3v) is 7.02. The van der Waals surface area contributed by atoms with E-state index in [2.05, 4.69) is 20.4 Å². The number of carboxylic acid groups (broad SMARTS) is 1. The molecule has 5 rings (SSSR count). The van der Waals surface area contributed by atoms with Gasteiger partial charge < -0.3 is 10.4 Å². The first-order chi connectivity index (χ1) is 16.9. The normalized spacial score (nSPS) is 22.8. The summed E-state index contributed by atoms with van der Waals surface area (Å²) < 4.78 is 43.5. The summed E-state index contributed by atoms with van der Waals surface area (Å²) >= 11 is 0. The number of aromatic amines is 1. The molecule has 0 bridgehead atoms. The zero-order valence-electron chi connectivity index (χ0n) is 18.9. The van der Waals surface area contributed by atoms with E-state index in [4.69, 9.17) is 0 Å². The maximum Gasteiger partial charge on any atom is 0.404 e. The molecule has 1 amide bonds. The number of piperidine rings is 1. The Hall–Kier alpha value is -3.37. The molecule has 10 heteroatoms. The molecule has 0 unspecified atom stereocenters. The van der Waals surface area contributed by atoms with Crippen LogP contribution in [0.25, 0.3) is 0 Å². The Bertz CT molecular complexity index is 1200. The molecule has 0 saturated carbocycles. The van der Waals surface area contributed by atoms with E-state index in [-0.39, 0.29) is 17.4 Å². The summed E-state index contributed by atoms with van der Waals surface area (Å²) in [5.41, 5.74) is 2.71.